The van der Waals surface area contributed by atoms with Gasteiger partial charge in [-0.15, -0.1) is 0 Å². The number of aromatic carboxylic acids is 1. The van der Waals surface area contributed by atoms with E-state index in [2.05, 4.69) is 10.6 Å². The maximum atomic E-state index is 12.2. The van der Waals surface area contributed by atoms with Gasteiger partial charge in [0.15, 0.2) is 12.0 Å². The average molecular weight is 460 g/mol. The molecule has 0 fully saturated rings. The lowest BCUT2D eigenvalue weighted by Crippen LogP contribution is -2.42. The summed E-state index contributed by atoms with van der Waals surface area (Å²) in [5, 5.41) is 31.1. The van der Waals surface area contributed by atoms with Crippen molar-refractivity contribution in [2.75, 3.05) is 19.6 Å². The molecule has 1 heterocycles. The van der Waals surface area contributed by atoms with Crippen molar-refractivity contribution in [3.8, 4) is 0 Å². The predicted molar refractivity (Wildman–Crippen MR) is 118 cm³/mol. The van der Waals surface area contributed by atoms with Gasteiger partial charge in [0, 0.05) is 31.6 Å². The van der Waals surface area contributed by atoms with E-state index in [-0.39, 0.29) is 36.5 Å². The Kier molecular flexibility index (Phi) is 8.92. The molecule has 0 aliphatic carbocycles. The third-order valence-corrected chi connectivity index (χ3v) is 5.09. The Morgan fingerprint density at radius 2 is 1.88 bits per heavy atom. The number of aliphatic carboxylic acids is 1. The molecule has 0 radical (unpaired) electrons. The third-order valence-electron chi connectivity index (χ3n) is 5.09. The maximum absolute atomic E-state index is 12.2. The van der Waals surface area contributed by atoms with E-state index in [1.54, 1.807) is 4.90 Å². The molecule has 9 N–H and O–H groups in total. The summed E-state index contributed by atoms with van der Waals surface area (Å²) in [5.74, 6) is -3.72. The second-order valence-electron chi connectivity index (χ2n) is 7.56. The first kappa shape index (κ1) is 25.3. The second kappa shape index (κ2) is 11.6. The van der Waals surface area contributed by atoms with Crippen LogP contribution >= 0.6 is 0 Å². The molecule has 0 saturated carbocycles. The zero-order chi connectivity index (χ0) is 24.5. The molecule has 1 aliphatic rings. The molecule has 0 saturated heterocycles. The van der Waals surface area contributed by atoms with Crippen LogP contribution in [0.5, 0.6) is 0 Å². The smallest absolute Gasteiger partial charge is 0.336 e. The van der Waals surface area contributed by atoms with Gasteiger partial charge in [-0.25, -0.2) is 9.59 Å². The van der Waals surface area contributed by atoms with E-state index in [1.807, 2.05) is 6.08 Å². The highest BCUT2D eigenvalue weighted by Gasteiger charge is 2.26. The highest BCUT2D eigenvalue weighted by molar-refractivity contribution is 5.93. The number of nitrogens with two attached hydrogens (primary N) is 2. The predicted octanol–water partition coefficient (Wildman–Crippen LogP) is -0.624. The summed E-state index contributed by atoms with van der Waals surface area (Å²) < 4.78 is 0. The molecule has 1 aromatic rings. The standard InChI is InChI=1S/C21H28N6O6/c22-15(10-12-7-9-27(11-12)21(23)24)18(29)25-8-3-6-16(28)26-17(20(32)33)13-4-1-2-5-14(13)19(30)31/h1-2,4-5,7,15,17H,3,6,8-11,22H2,(H3,23,24)(H,25,29)(H,26,28)(H,30,31)(H,32,33). The van der Waals surface area contributed by atoms with Crippen LogP contribution in [0.2, 0.25) is 0 Å². The zero-order valence-electron chi connectivity index (χ0n) is 17.9. The Hall–Kier alpha value is -3.93. The number of hydrogen-bond donors (Lipinski definition) is 7. The highest BCUT2D eigenvalue weighted by Crippen LogP contribution is 2.19. The van der Waals surface area contributed by atoms with E-state index < -0.39 is 35.8 Å². The van der Waals surface area contributed by atoms with Crippen LogP contribution in [0.1, 0.15) is 41.2 Å². The molecule has 0 bridgehead atoms. The number of carbonyl (C=O) groups is 4. The molecule has 2 amide bonds. The van der Waals surface area contributed by atoms with Crippen molar-refractivity contribution >= 4 is 29.7 Å². The molecule has 0 aromatic heterocycles. The summed E-state index contributed by atoms with van der Waals surface area (Å²) >= 11 is 0. The average Bonchev–Trinajstić information content (AvgIpc) is 3.23. The number of hydrogen-bond acceptors (Lipinski definition) is 6. The maximum Gasteiger partial charge on any atom is 0.336 e. The fraction of sp³-hybridized carbons (Fsp3) is 0.381. The molecule has 1 aromatic carbocycles. The van der Waals surface area contributed by atoms with Crippen molar-refractivity contribution in [3.63, 3.8) is 0 Å². The van der Waals surface area contributed by atoms with Crippen LogP contribution < -0.4 is 22.1 Å². The van der Waals surface area contributed by atoms with E-state index in [9.17, 15) is 29.4 Å². The van der Waals surface area contributed by atoms with E-state index in [4.69, 9.17) is 16.9 Å². The summed E-state index contributed by atoms with van der Waals surface area (Å²) in [5.41, 5.74) is 12.0. The van der Waals surface area contributed by atoms with Crippen LogP contribution in [-0.4, -0.2) is 70.5 Å². The summed E-state index contributed by atoms with van der Waals surface area (Å²) in [6.07, 6.45) is 2.35. The third kappa shape index (κ3) is 7.31. The Morgan fingerprint density at radius 3 is 2.48 bits per heavy atom. The van der Waals surface area contributed by atoms with Crippen LogP contribution in [0.3, 0.4) is 0 Å². The van der Waals surface area contributed by atoms with Gasteiger partial charge in [-0.3, -0.25) is 15.0 Å². The number of amides is 2. The monoisotopic (exact) mass is 460 g/mol. The molecule has 12 heteroatoms. The molecule has 33 heavy (non-hydrogen) atoms. The lowest BCUT2D eigenvalue weighted by molar-refractivity contribution is -0.142. The van der Waals surface area contributed by atoms with Crippen molar-refractivity contribution in [2.24, 2.45) is 11.5 Å². The van der Waals surface area contributed by atoms with Crippen molar-refractivity contribution in [1.29, 1.82) is 5.41 Å². The molecule has 2 unspecified atom stereocenters. The van der Waals surface area contributed by atoms with Gasteiger partial charge in [0.2, 0.25) is 11.8 Å². The molecule has 178 valence electrons. The first-order chi connectivity index (χ1) is 15.6. The van der Waals surface area contributed by atoms with Gasteiger partial charge < -0.3 is 37.2 Å². The molecular weight excluding hydrogens is 432 g/mol. The minimum Gasteiger partial charge on any atom is -0.479 e. The number of guanidine groups is 1. The Labute approximate surface area is 190 Å². The molecule has 2 rings (SSSR count). The van der Waals surface area contributed by atoms with E-state index in [0.717, 1.165) is 5.57 Å². The lowest BCUT2D eigenvalue weighted by atomic mass is 10.00. The Balaban J connectivity index is 1.78. The summed E-state index contributed by atoms with van der Waals surface area (Å²) in [7, 11) is 0. The molecular formula is C21H28N6O6. The van der Waals surface area contributed by atoms with Gasteiger partial charge in [-0.2, -0.15) is 0 Å². The van der Waals surface area contributed by atoms with E-state index in [1.165, 1.54) is 24.3 Å². The van der Waals surface area contributed by atoms with Crippen LogP contribution in [-0.2, 0) is 14.4 Å². The van der Waals surface area contributed by atoms with Crippen molar-refractivity contribution in [3.05, 3.63) is 47.0 Å². The van der Waals surface area contributed by atoms with Crippen LogP contribution in [0, 0.1) is 5.41 Å². The fourth-order valence-corrected chi connectivity index (χ4v) is 3.36. The number of nitrogens with zero attached hydrogens (tertiary/aromatic N) is 1. The minimum atomic E-state index is -1.51. The zero-order valence-corrected chi connectivity index (χ0v) is 17.9. The molecule has 12 nitrogen and oxygen atoms in total. The van der Waals surface area contributed by atoms with Gasteiger partial charge in [0.1, 0.15) is 0 Å². The van der Waals surface area contributed by atoms with E-state index >= 15 is 0 Å². The fourth-order valence-electron chi connectivity index (χ4n) is 3.36. The normalized spacial score (nSPS) is 14.7. The number of rotatable bonds is 11. The van der Waals surface area contributed by atoms with Gasteiger partial charge in [0.25, 0.3) is 0 Å². The number of nitrogens with one attached hydrogen (secondary N) is 3. The van der Waals surface area contributed by atoms with Crippen molar-refractivity contribution in [1.82, 2.24) is 15.5 Å². The lowest BCUT2D eigenvalue weighted by Gasteiger charge is -2.17. The molecule has 2 atom stereocenters. The topological polar surface area (TPSA) is 212 Å². The van der Waals surface area contributed by atoms with E-state index in [0.29, 0.717) is 19.5 Å². The van der Waals surface area contributed by atoms with Gasteiger partial charge in [-0.05, 0) is 18.9 Å². The second-order valence-corrected chi connectivity index (χ2v) is 7.56. The minimum absolute atomic E-state index is 0.0327. The number of carbonyl (C=O) groups excluding carboxylic acids is 2. The Bertz CT molecular complexity index is 962. The SMILES string of the molecule is N=C(N)N1CC=C(CC(N)C(=O)NCCCC(=O)NC(C(=O)O)c2ccccc2C(=O)O)C1. The largest absolute Gasteiger partial charge is 0.479 e. The molecule has 1 aliphatic heterocycles. The van der Waals surface area contributed by atoms with Gasteiger partial charge in [0.05, 0.1) is 11.6 Å². The first-order valence-electron chi connectivity index (χ1n) is 10.2. The quantitative estimate of drug-likeness (QED) is 0.0968. The van der Waals surface area contributed by atoms with Crippen LogP contribution in [0.25, 0.3) is 0 Å². The first-order valence-corrected chi connectivity index (χ1v) is 10.2. The number of carboxylic acids is 2. The number of carboxylic acid groups (broad SMARTS) is 2. The van der Waals surface area contributed by atoms with Crippen LogP contribution in [0.15, 0.2) is 35.9 Å². The summed E-state index contributed by atoms with van der Waals surface area (Å²) in [6.45, 7) is 1.11. The Morgan fingerprint density at radius 1 is 1.18 bits per heavy atom. The van der Waals surface area contributed by atoms with Crippen molar-refractivity contribution in [2.45, 2.75) is 31.3 Å². The molecule has 0 spiro atoms. The van der Waals surface area contributed by atoms with Gasteiger partial charge >= 0.3 is 11.9 Å². The summed E-state index contributed by atoms with van der Waals surface area (Å²) in [4.78, 5) is 49.0. The highest BCUT2D eigenvalue weighted by atomic mass is 16.4. The van der Waals surface area contributed by atoms with Crippen molar-refractivity contribution < 1.29 is 29.4 Å². The number of benzene rings is 1. The summed E-state index contributed by atoms with van der Waals surface area (Å²) in [6, 6.07) is 3.24. The van der Waals surface area contributed by atoms with Gasteiger partial charge in [-0.1, -0.05) is 29.8 Å². The van der Waals surface area contributed by atoms with Crippen LogP contribution in [0.4, 0.5) is 0 Å².